The van der Waals surface area contributed by atoms with Gasteiger partial charge in [0, 0.05) is 16.9 Å². The van der Waals surface area contributed by atoms with Crippen LogP contribution in [0, 0.1) is 5.92 Å². The summed E-state index contributed by atoms with van der Waals surface area (Å²) in [5.74, 6) is 0.756. The SMILES string of the molecule is O=C(Cc1ccccc1O)NCC1CCC(Br)C1. The fraction of sp³-hybridized carbons (Fsp3) is 0.500. The van der Waals surface area contributed by atoms with Crippen LogP contribution in [-0.2, 0) is 11.2 Å². The number of carbonyl (C=O) groups excluding carboxylic acids is 1. The molecule has 98 valence electrons. The van der Waals surface area contributed by atoms with Crippen LogP contribution in [0.1, 0.15) is 24.8 Å². The number of phenolic OH excluding ortho intramolecular Hbond substituents is 1. The molecule has 0 aromatic heterocycles. The van der Waals surface area contributed by atoms with E-state index in [1.807, 2.05) is 6.07 Å². The van der Waals surface area contributed by atoms with Crippen LogP contribution < -0.4 is 5.32 Å². The lowest BCUT2D eigenvalue weighted by molar-refractivity contribution is -0.120. The number of para-hydroxylation sites is 1. The third-order valence-corrected chi connectivity index (χ3v) is 4.24. The Morgan fingerprint density at radius 1 is 1.39 bits per heavy atom. The summed E-state index contributed by atoms with van der Waals surface area (Å²) in [6.07, 6.45) is 3.75. The quantitative estimate of drug-likeness (QED) is 0.840. The topological polar surface area (TPSA) is 49.3 Å². The number of rotatable bonds is 4. The van der Waals surface area contributed by atoms with E-state index in [0.29, 0.717) is 16.3 Å². The van der Waals surface area contributed by atoms with E-state index in [0.717, 1.165) is 13.0 Å². The Morgan fingerprint density at radius 3 is 2.83 bits per heavy atom. The molecule has 2 rings (SSSR count). The van der Waals surface area contributed by atoms with E-state index in [1.54, 1.807) is 18.2 Å². The van der Waals surface area contributed by atoms with Crippen molar-refractivity contribution in [2.75, 3.05) is 6.54 Å². The molecule has 1 aliphatic rings. The van der Waals surface area contributed by atoms with E-state index >= 15 is 0 Å². The van der Waals surface area contributed by atoms with Crippen LogP contribution in [0.4, 0.5) is 0 Å². The van der Waals surface area contributed by atoms with Crippen LogP contribution in [0.2, 0.25) is 0 Å². The summed E-state index contributed by atoms with van der Waals surface area (Å²) in [5, 5.41) is 12.5. The van der Waals surface area contributed by atoms with Crippen molar-refractivity contribution in [3.05, 3.63) is 29.8 Å². The number of benzene rings is 1. The molecule has 2 unspecified atom stereocenters. The van der Waals surface area contributed by atoms with E-state index in [9.17, 15) is 9.90 Å². The van der Waals surface area contributed by atoms with Crippen LogP contribution in [0.3, 0.4) is 0 Å². The summed E-state index contributed by atoms with van der Waals surface area (Å²) >= 11 is 3.60. The molecule has 18 heavy (non-hydrogen) atoms. The highest BCUT2D eigenvalue weighted by molar-refractivity contribution is 9.09. The zero-order valence-electron chi connectivity index (χ0n) is 10.2. The Kier molecular flexibility index (Phi) is 4.64. The van der Waals surface area contributed by atoms with Gasteiger partial charge in [-0.2, -0.15) is 0 Å². The third kappa shape index (κ3) is 3.73. The maximum atomic E-state index is 11.8. The third-order valence-electron chi connectivity index (χ3n) is 3.41. The largest absolute Gasteiger partial charge is 0.508 e. The summed E-state index contributed by atoms with van der Waals surface area (Å²) in [4.78, 5) is 12.4. The van der Waals surface area contributed by atoms with Crippen molar-refractivity contribution < 1.29 is 9.90 Å². The van der Waals surface area contributed by atoms with Crippen molar-refractivity contribution in [3.8, 4) is 5.75 Å². The smallest absolute Gasteiger partial charge is 0.224 e. The van der Waals surface area contributed by atoms with Gasteiger partial charge in [-0.05, 0) is 31.2 Å². The molecular formula is C14H18BrNO2. The van der Waals surface area contributed by atoms with Gasteiger partial charge in [-0.25, -0.2) is 0 Å². The fourth-order valence-electron chi connectivity index (χ4n) is 2.35. The normalized spacial score (nSPS) is 22.9. The first-order valence-electron chi connectivity index (χ1n) is 6.33. The van der Waals surface area contributed by atoms with E-state index < -0.39 is 0 Å². The molecule has 1 aliphatic carbocycles. The molecule has 2 atom stereocenters. The predicted octanol–water partition coefficient (Wildman–Crippen LogP) is 2.61. The number of halogens is 1. The van der Waals surface area contributed by atoms with Crippen LogP contribution in [0.15, 0.2) is 24.3 Å². The molecule has 1 fully saturated rings. The Morgan fingerprint density at radius 2 is 2.17 bits per heavy atom. The fourth-order valence-corrected chi connectivity index (χ4v) is 3.15. The second kappa shape index (κ2) is 6.23. The highest BCUT2D eigenvalue weighted by Gasteiger charge is 2.22. The van der Waals surface area contributed by atoms with Gasteiger partial charge in [0.25, 0.3) is 0 Å². The molecule has 0 radical (unpaired) electrons. The molecule has 0 aliphatic heterocycles. The number of aromatic hydroxyl groups is 1. The molecular weight excluding hydrogens is 294 g/mol. The van der Waals surface area contributed by atoms with Crippen molar-refractivity contribution in [2.45, 2.75) is 30.5 Å². The molecule has 1 saturated carbocycles. The number of hydrogen-bond donors (Lipinski definition) is 2. The predicted molar refractivity (Wildman–Crippen MR) is 74.9 cm³/mol. The van der Waals surface area contributed by atoms with Crippen LogP contribution >= 0.6 is 15.9 Å². The van der Waals surface area contributed by atoms with Crippen molar-refractivity contribution in [3.63, 3.8) is 0 Å². The number of carbonyl (C=O) groups is 1. The minimum Gasteiger partial charge on any atom is -0.508 e. The molecule has 2 N–H and O–H groups in total. The Bertz CT molecular complexity index is 422. The van der Waals surface area contributed by atoms with Gasteiger partial charge in [0.15, 0.2) is 0 Å². The van der Waals surface area contributed by atoms with Gasteiger partial charge >= 0.3 is 0 Å². The Hall–Kier alpha value is -1.03. The summed E-state index contributed by atoms with van der Waals surface area (Å²) in [5.41, 5.74) is 0.680. The van der Waals surface area contributed by atoms with Gasteiger partial charge in [0.2, 0.25) is 5.91 Å². The lowest BCUT2D eigenvalue weighted by Crippen LogP contribution is -2.29. The van der Waals surface area contributed by atoms with E-state index in [1.165, 1.54) is 12.8 Å². The summed E-state index contributed by atoms with van der Waals surface area (Å²) in [7, 11) is 0. The summed E-state index contributed by atoms with van der Waals surface area (Å²) in [6, 6.07) is 6.97. The molecule has 0 saturated heterocycles. The minimum absolute atomic E-state index is 0.0190. The van der Waals surface area contributed by atoms with Crippen molar-refractivity contribution >= 4 is 21.8 Å². The first-order valence-corrected chi connectivity index (χ1v) is 7.24. The van der Waals surface area contributed by atoms with E-state index in [-0.39, 0.29) is 18.1 Å². The number of nitrogens with one attached hydrogen (secondary N) is 1. The van der Waals surface area contributed by atoms with Crippen molar-refractivity contribution in [2.24, 2.45) is 5.92 Å². The molecule has 3 nitrogen and oxygen atoms in total. The standard InChI is InChI=1S/C14H18BrNO2/c15-12-6-5-10(7-12)9-16-14(18)8-11-3-1-2-4-13(11)17/h1-4,10,12,17H,5-9H2,(H,16,18). The minimum atomic E-state index is -0.0190. The monoisotopic (exact) mass is 311 g/mol. The van der Waals surface area contributed by atoms with Crippen LogP contribution in [-0.4, -0.2) is 22.4 Å². The molecule has 1 amide bonds. The van der Waals surface area contributed by atoms with Crippen molar-refractivity contribution in [1.29, 1.82) is 0 Å². The number of phenols is 1. The highest BCUT2D eigenvalue weighted by Crippen LogP contribution is 2.30. The second-order valence-electron chi connectivity index (χ2n) is 4.89. The van der Waals surface area contributed by atoms with Gasteiger partial charge in [0.05, 0.1) is 6.42 Å². The highest BCUT2D eigenvalue weighted by atomic mass is 79.9. The maximum Gasteiger partial charge on any atom is 0.224 e. The summed E-state index contributed by atoms with van der Waals surface area (Å²) in [6.45, 7) is 0.745. The van der Waals surface area contributed by atoms with Crippen LogP contribution in [0.5, 0.6) is 5.75 Å². The zero-order valence-corrected chi connectivity index (χ0v) is 11.8. The molecule has 0 bridgehead atoms. The average Bonchev–Trinajstić information content (AvgIpc) is 2.76. The molecule has 4 heteroatoms. The lowest BCUT2D eigenvalue weighted by atomic mass is 10.1. The molecule has 0 spiro atoms. The van der Waals surface area contributed by atoms with Gasteiger partial charge in [-0.1, -0.05) is 34.1 Å². The average molecular weight is 312 g/mol. The maximum absolute atomic E-state index is 11.8. The second-order valence-corrected chi connectivity index (χ2v) is 6.18. The molecule has 1 aromatic carbocycles. The number of alkyl halides is 1. The first kappa shape index (κ1) is 13.4. The van der Waals surface area contributed by atoms with Gasteiger partial charge in [-0.15, -0.1) is 0 Å². The zero-order chi connectivity index (χ0) is 13.0. The number of amides is 1. The van der Waals surface area contributed by atoms with Gasteiger partial charge in [-0.3, -0.25) is 4.79 Å². The Labute approximate surface area is 116 Å². The van der Waals surface area contributed by atoms with Crippen molar-refractivity contribution in [1.82, 2.24) is 5.32 Å². The van der Waals surface area contributed by atoms with Gasteiger partial charge < -0.3 is 10.4 Å². The summed E-state index contributed by atoms with van der Waals surface area (Å²) < 4.78 is 0. The lowest BCUT2D eigenvalue weighted by Gasteiger charge is -2.11. The Balaban J connectivity index is 1.77. The molecule has 0 heterocycles. The van der Waals surface area contributed by atoms with E-state index in [2.05, 4.69) is 21.2 Å². The number of hydrogen-bond acceptors (Lipinski definition) is 2. The van der Waals surface area contributed by atoms with Crippen LogP contribution in [0.25, 0.3) is 0 Å². The van der Waals surface area contributed by atoms with Gasteiger partial charge in [0.1, 0.15) is 5.75 Å². The van der Waals surface area contributed by atoms with E-state index in [4.69, 9.17) is 0 Å². The molecule has 1 aromatic rings. The first-order chi connectivity index (χ1) is 8.65.